The maximum absolute atomic E-state index is 11.7. The van der Waals surface area contributed by atoms with Crippen LogP contribution in [0.15, 0.2) is 48.5 Å². The molecule has 0 radical (unpaired) electrons. The van der Waals surface area contributed by atoms with E-state index >= 15 is 0 Å². The SMILES string of the molecule is CNC(=O)c1cccc(CCNc2nnc(Cc3ccc(Cl)cc3)s2)c1. The van der Waals surface area contributed by atoms with Crippen molar-refractivity contribution in [2.75, 3.05) is 18.9 Å². The Labute approximate surface area is 161 Å². The van der Waals surface area contributed by atoms with Crippen LogP contribution in [0.3, 0.4) is 0 Å². The highest BCUT2D eigenvalue weighted by molar-refractivity contribution is 7.15. The second kappa shape index (κ2) is 8.78. The van der Waals surface area contributed by atoms with Gasteiger partial charge in [0.25, 0.3) is 5.91 Å². The number of halogens is 1. The number of anilines is 1. The van der Waals surface area contributed by atoms with E-state index in [1.54, 1.807) is 18.4 Å². The summed E-state index contributed by atoms with van der Waals surface area (Å²) in [5.74, 6) is -0.0734. The van der Waals surface area contributed by atoms with Gasteiger partial charge < -0.3 is 10.6 Å². The third kappa shape index (κ3) is 5.03. The second-order valence-electron chi connectivity index (χ2n) is 5.76. The number of amides is 1. The molecule has 0 fully saturated rings. The molecule has 0 bridgehead atoms. The average molecular weight is 387 g/mol. The van der Waals surface area contributed by atoms with E-state index in [1.807, 2.05) is 48.5 Å². The zero-order chi connectivity index (χ0) is 18.4. The molecule has 2 aromatic carbocycles. The van der Waals surface area contributed by atoms with Crippen molar-refractivity contribution in [2.45, 2.75) is 12.8 Å². The minimum atomic E-state index is -0.0734. The van der Waals surface area contributed by atoms with Gasteiger partial charge >= 0.3 is 0 Å². The Morgan fingerprint density at radius 2 is 1.92 bits per heavy atom. The number of aromatic nitrogens is 2. The van der Waals surface area contributed by atoms with Crippen LogP contribution < -0.4 is 10.6 Å². The molecule has 134 valence electrons. The zero-order valence-electron chi connectivity index (χ0n) is 14.3. The van der Waals surface area contributed by atoms with Gasteiger partial charge in [-0.15, -0.1) is 10.2 Å². The topological polar surface area (TPSA) is 66.9 Å². The van der Waals surface area contributed by atoms with E-state index in [4.69, 9.17) is 11.6 Å². The third-order valence-electron chi connectivity index (χ3n) is 3.84. The summed E-state index contributed by atoms with van der Waals surface area (Å²) in [6.45, 7) is 0.729. The Kier molecular flexibility index (Phi) is 6.20. The van der Waals surface area contributed by atoms with Crippen LogP contribution in [0.1, 0.15) is 26.5 Å². The van der Waals surface area contributed by atoms with Gasteiger partial charge in [-0.2, -0.15) is 0 Å². The summed E-state index contributed by atoms with van der Waals surface area (Å²) in [5, 5.41) is 16.8. The highest BCUT2D eigenvalue weighted by atomic mass is 35.5. The maximum Gasteiger partial charge on any atom is 0.251 e. The van der Waals surface area contributed by atoms with Gasteiger partial charge in [0.15, 0.2) is 0 Å². The summed E-state index contributed by atoms with van der Waals surface area (Å²) < 4.78 is 0. The molecular weight excluding hydrogens is 368 g/mol. The molecule has 1 heterocycles. The minimum Gasteiger partial charge on any atom is -0.360 e. The largest absolute Gasteiger partial charge is 0.360 e. The molecule has 3 aromatic rings. The summed E-state index contributed by atoms with van der Waals surface area (Å²) in [7, 11) is 1.63. The van der Waals surface area contributed by atoms with Crippen molar-refractivity contribution < 1.29 is 4.79 Å². The number of hydrogen-bond donors (Lipinski definition) is 2. The quantitative estimate of drug-likeness (QED) is 0.648. The molecule has 1 aromatic heterocycles. The molecule has 7 heteroatoms. The highest BCUT2D eigenvalue weighted by Crippen LogP contribution is 2.19. The lowest BCUT2D eigenvalue weighted by Crippen LogP contribution is -2.18. The van der Waals surface area contributed by atoms with Gasteiger partial charge in [0.1, 0.15) is 5.01 Å². The van der Waals surface area contributed by atoms with Gasteiger partial charge in [-0.1, -0.05) is 47.2 Å². The molecule has 0 saturated carbocycles. The van der Waals surface area contributed by atoms with Crippen molar-refractivity contribution >= 4 is 34.0 Å². The Balaban J connectivity index is 1.52. The van der Waals surface area contributed by atoms with Crippen molar-refractivity contribution in [3.8, 4) is 0 Å². The first kappa shape index (κ1) is 18.4. The molecule has 0 saturated heterocycles. The lowest BCUT2D eigenvalue weighted by Gasteiger charge is -2.05. The predicted molar refractivity (Wildman–Crippen MR) is 106 cm³/mol. The fraction of sp³-hybridized carbons (Fsp3) is 0.211. The molecule has 0 aliphatic rings. The van der Waals surface area contributed by atoms with Gasteiger partial charge in [0.2, 0.25) is 5.13 Å². The van der Waals surface area contributed by atoms with E-state index in [0.29, 0.717) is 5.56 Å². The lowest BCUT2D eigenvalue weighted by molar-refractivity contribution is 0.0963. The summed E-state index contributed by atoms with van der Waals surface area (Å²) >= 11 is 7.45. The first-order valence-electron chi connectivity index (χ1n) is 8.26. The van der Waals surface area contributed by atoms with E-state index in [0.717, 1.165) is 45.7 Å². The predicted octanol–water partition coefficient (Wildman–Crippen LogP) is 3.80. The maximum atomic E-state index is 11.7. The fourth-order valence-electron chi connectivity index (χ4n) is 2.50. The normalized spacial score (nSPS) is 10.5. The first-order chi connectivity index (χ1) is 12.6. The van der Waals surface area contributed by atoms with Crippen LogP contribution in [0.25, 0.3) is 0 Å². The van der Waals surface area contributed by atoms with Crippen molar-refractivity contribution in [1.82, 2.24) is 15.5 Å². The first-order valence-corrected chi connectivity index (χ1v) is 9.45. The van der Waals surface area contributed by atoms with Crippen LogP contribution in [-0.4, -0.2) is 29.7 Å². The molecule has 0 aliphatic heterocycles. The van der Waals surface area contributed by atoms with Crippen LogP contribution in [0, 0.1) is 0 Å². The number of hydrogen-bond acceptors (Lipinski definition) is 5. The van der Waals surface area contributed by atoms with E-state index in [2.05, 4.69) is 20.8 Å². The molecule has 0 spiro atoms. The molecule has 0 atom stereocenters. The molecule has 5 nitrogen and oxygen atoms in total. The second-order valence-corrected chi connectivity index (χ2v) is 7.26. The molecular formula is C19H19ClN4OS. The Morgan fingerprint density at radius 1 is 1.12 bits per heavy atom. The van der Waals surface area contributed by atoms with E-state index in [9.17, 15) is 4.79 Å². The molecule has 2 N–H and O–H groups in total. The standard InChI is InChI=1S/C19H19ClN4OS/c1-21-18(25)15-4-2-3-13(11-15)9-10-22-19-24-23-17(26-19)12-14-5-7-16(20)8-6-14/h2-8,11H,9-10,12H2,1H3,(H,21,25)(H,22,24). The van der Waals surface area contributed by atoms with Crippen LogP contribution >= 0.6 is 22.9 Å². The number of carbonyl (C=O) groups excluding carboxylic acids is 1. The third-order valence-corrected chi connectivity index (χ3v) is 4.97. The molecule has 26 heavy (non-hydrogen) atoms. The van der Waals surface area contributed by atoms with Crippen LogP contribution in [0.5, 0.6) is 0 Å². The van der Waals surface area contributed by atoms with E-state index < -0.39 is 0 Å². The van der Waals surface area contributed by atoms with Crippen LogP contribution in [0.4, 0.5) is 5.13 Å². The van der Waals surface area contributed by atoms with Gasteiger partial charge in [0, 0.05) is 30.6 Å². The van der Waals surface area contributed by atoms with Crippen LogP contribution in [0.2, 0.25) is 5.02 Å². The molecule has 0 unspecified atom stereocenters. The summed E-state index contributed by atoms with van der Waals surface area (Å²) in [5.41, 5.74) is 2.93. The van der Waals surface area contributed by atoms with Crippen molar-refractivity contribution in [3.05, 3.63) is 75.3 Å². The summed E-state index contributed by atoms with van der Waals surface area (Å²) in [6, 6.07) is 15.4. The van der Waals surface area contributed by atoms with Crippen molar-refractivity contribution in [3.63, 3.8) is 0 Å². The highest BCUT2D eigenvalue weighted by Gasteiger charge is 2.06. The smallest absolute Gasteiger partial charge is 0.251 e. The molecule has 0 aliphatic carbocycles. The van der Waals surface area contributed by atoms with Crippen molar-refractivity contribution in [1.29, 1.82) is 0 Å². The Hall–Kier alpha value is -2.44. The number of rotatable bonds is 7. The lowest BCUT2D eigenvalue weighted by atomic mass is 10.1. The Bertz CT molecular complexity index is 879. The zero-order valence-corrected chi connectivity index (χ0v) is 15.9. The number of nitrogens with zero attached hydrogens (tertiary/aromatic N) is 2. The van der Waals surface area contributed by atoms with Crippen molar-refractivity contribution in [2.24, 2.45) is 0 Å². The van der Waals surface area contributed by atoms with Gasteiger partial charge in [-0.3, -0.25) is 4.79 Å². The monoisotopic (exact) mass is 386 g/mol. The minimum absolute atomic E-state index is 0.0734. The summed E-state index contributed by atoms with van der Waals surface area (Å²) in [4.78, 5) is 11.7. The van der Waals surface area contributed by atoms with Crippen LogP contribution in [-0.2, 0) is 12.8 Å². The number of carbonyl (C=O) groups is 1. The van der Waals surface area contributed by atoms with Gasteiger partial charge in [0.05, 0.1) is 0 Å². The fourth-order valence-corrected chi connectivity index (χ4v) is 3.43. The molecule has 3 rings (SSSR count). The van der Waals surface area contributed by atoms with E-state index in [1.165, 1.54) is 0 Å². The molecule has 1 amide bonds. The summed E-state index contributed by atoms with van der Waals surface area (Å²) in [6.07, 6.45) is 1.54. The Morgan fingerprint density at radius 3 is 2.69 bits per heavy atom. The van der Waals surface area contributed by atoms with Gasteiger partial charge in [-0.05, 0) is 41.8 Å². The number of nitrogens with one attached hydrogen (secondary N) is 2. The van der Waals surface area contributed by atoms with E-state index in [-0.39, 0.29) is 5.91 Å². The van der Waals surface area contributed by atoms with Gasteiger partial charge in [-0.25, -0.2) is 0 Å². The number of benzene rings is 2. The average Bonchev–Trinajstić information content (AvgIpc) is 3.10.